The summed E-state index contributed by atoms with van der Waals surface area (Å²) < 4.78 is 137. The highest BCUT2D eigenvalue weighted by Crippen LogP contribution is 2.39. The summed E-state index contributed by atoms with van der Waals surface area (Å²) in [5.74, 6) is -9.32. The zero-order valence-electron chi connectivity index (χ0n) is 40.0. The van der Waals surface area contributed by atoms with Gasteiger partial charge in [0.2, 0.25) is 29.9 Å². The number of ketones is 1. The van der Waals surface area contributed by atoms with Crippen LogP contribution >= 0.6 is 0 Å². The molecular formula is C47H56F8N8O9S. The van der Waals surface area contributed by atoms with Gasteiger partial charge in [-0.15, -0.1) is 0 Å². The number of hydrogen-bond acceptors (Lipinski definition) is 11. The third kappa shape index (κ3) is 17.8. The van der Waals surface area contributed by atoms with E-state index in [4.69, 9.17) is 0 Å². The lowest BCUT2D eigenvalue weighted by Crippen LogP contribution is -2.60. The van der Waals surface area contributed by atoms with Gasteiger partial charge in [-0.05, 0) is 72.1 Å². The Bertz CT molecular complexity index is 2530. The molecule has 6 amide bonds. The second-order valence-corrected chi connectivity index (χ2v) is 19.7. The zero-order chi connectivity index (χ0) is 54.4. The van der Waals surface area contributed by atoms with E-state index in [1.807, 2.05) is 0 Å². The molecule has 5 unspecified atom stereocenters. The van der Waals surface area contributed by atoms with E-state index in [1.54, 1.807) is 33.0 Å². The number of hydrogen-bond donors (Lipinski definition) is 6. The highest BCUT2D eigenvalue weighted by atomic mass is 32.2. The highest BCUT2D eigenvalue weighted by Gasteiger charge is 2.39. The van der Waals surface area contributed by atoms with Crippen molar-refractivity contribution >= 4 is 51.2 Å². The molecule has 1 saturated carbocycles. The van der Waals surface area contributed by atoms with Crippen LogP contribution in [-0.2, 0) is 51.1 Å². The highest BCUT2D eigenvalue weighted by molar-refractivity contribution is 7.90. The van der Waals surface area contributed by atoms with Gasteiger partial charge in [0.15, 0.2) is 0 Å². The average Bonchev–Trinajstić information content (AvgIpc) is 3.33. The first-order valence-electron chi connectivity index (χ1n) is 23.1. The average molecular weight is 1060 g/mol. The number of carbonyl (C=O) groups is 7. The number of nitrogens with one attached hydrogen (secondary N) is 6. The smallest absolute Gasteiger partial charge is 0.344 e. The molecule has 0 radical (unpaired) electrons. The first-order chi connectivity index (χ1) is 34.1. The summed E-state index contributed by atoms with van der Waals surface area (Å²) in [5, 5.41) is 11.7. The summed E-state index contributed by atoms with van der Waals surface area (Å²) in [4.78, 5) is 101. The molecule has 1 fully saturated rings. The molecule has 1 aliphatic carbocycles. The Morgan fingerprint density at radius 1 is 0.726 bits per heavy atom. The van der Waals surface area contributed by atoms with Gasteiger partial charge < -0.3 is 26.6 Å². The van der Waals surface area contributed by atoms with Gasteiger partial charge in [0.25, 0.3) is 27.7 Å². The summed E-state index contributed by atoms with van der Waals surface area (Å²) in [6.07, 6.45) is -7.25. The quantitative estimate of drug-likeness (QED) is 0.0501. The summed E-state index contributed by atoms with van der Waals surface area (Å²) >= 11 is 0. The molecule has 1 heterocycles. The van der Waals surface area contributed by atoms with Crippen LogP contribution in [0.4, 0.5) is 35.1 Å². The van der Waals surface area contributed by atoms with Gasteiger partial charge in [-0.2, -0.15) is 26.3 Å². The second kappa shape index (κ2) is 25.9. The molecule has 73 heavy (non-hydrogen) atoms. The minimum atomic E-state index is -5.22. The Labute approximate surface area is 415 Å². The number of sulfonamides is 1. The minimum Gasteiger partial charge on any atom is -0.344 e. The number of amides is 6. The topological polar surface area (TPSA) is 252 Å². The third-order valence-corrected chi connectivity index (χ3v) is 13.2. The van der Waals surface area contributed by atoms with Crippen molar-refractivity contribution < 1.29 is 77.1 Å². The van der Waals surface area contributed by atoms with Crippen LogP contribution in [0.2, 0.25) is 0 Å². The molecule has 0 aliphatic heterocycles. The van der Waals surface area contributed by atoms with E-state index in [0.717, 1.165) is 37.5 Å². The number of halogens is 8. The van der Waals surface area contributed by atoms with E-state index in [9.17, 15) is 77.1 Å². The van der Waals surface area contributed by atoms with Crippen molar-refractivity contribution in [2.45, 2.75) is 133 Å². The van der Waals surface area contributed by atoms with E-state index >= 15 is 0 Å². The Hall–Kier alpha value is -6.60. The van der Waals surface area contributed by atoms with Crippen LogP contribution in [-0.4, -0.2) is 96.7 Å². The van der Waals surface area contributed by atoms with Crippen LogP contribution in [0, 0.1) is 17.8 Å². The molecule has 0 saturated heterocycles. The molecule has 3 aromatic rings. The summed E-state index contributed by atoms with van der Waals surface area (Å²) in [7, 11) is -4.98. The maximum Gasteiger partial charge on any atom is 0.416 e. The van der Waals surface area contributed by atoms with Gasteiger partial charge in [0.05, 0.1) is 28.8 Å². The molecule has 1 aromatic heterocycles. The summed E-state index contributed by atoms with van der Waals surface area (Å²) in [5.41, 5.74) is -4.56. The number of carbonyl (C=O) groups excluding carboxylic acids is 7. The monoisotopic (exact) mass is 1060 g/mol. The largest absolute Gasteiger partial charge is 0.416 e. The third-order valence-electron chi connectivity index (χ3n) is 11.8. The molecular weight excluding hydrogens is 1000 g/mol. The van der Waals surface area contributed by atoms with E-state index in [2.05, 4.69) is 31.2 Å². The van der Waals surface area contributed by atoms with E-state index in [0.29, 0.717) is 37.5 Å². The van der Waals surface area contributed by atoms with Crippen LogP contribution < -0.4 is 31.3 Å². The van der Waals surface area contributed by atoms with Crippen molar-refractivity contribution in [2.24, 2.45) is 17.8 Å². The van der Waals surface area contributed by atoms with Crippen molar-refractivity contribution in [1.29, 1.82) is 0 Å². The lowest BCUT2D eigenvalue weighted by atomic mass is 9.84. The van der Waals surface area contributed by atoms with Gasteiger partial charge >= 0.3 is 12.4 Å². The molecule has 17 nitrogen and oxygen atoms in total. The van der Waals surface area contributed by atoms with E-state index in [-0.39, 0.29) is 36.4 Å². The van der Waals surface area contributed by atoms with Gasteiger partial charge in [0, 0.05) is 18.8 Å². The summed E-state index contributed by atoms with van der Waals surface area (Å²) in [6.45, 7) is 5.67. The number of Topliss-reactive ketones (excluding diaryl/α,β-unsaturated/α-hetero) is 1. The maximum absolute atomic E-state index is 14.1. The number of benzene rings is 2. The van der Waals surface area contributed by atoms with E-state index < -0.39 is 140 Å². The number of aromatic nitrogens is 2. The molecule has 0 spiro atoms. The Kier molecular flexibility index (Phi) is 20.9. The van der Waals surface area contributed by atoms with Crippen molar-refractivity contribution in [1.82, 2.24) is 41.3 Å². The van der Waals surface area contributed by atoms with Gasteiger partial charge in [-0.25, -0.2) is 26.9 Å². The first-order valence-corrected chi connectivity index (χ1v) is 24.6. The summed E-state index contributed by atoms with van der Waals surface area (Å²) in [6, 6.07) is -2.18. The molecule has 1 aliphatic rings. The minimum absolute atomic E-state index is 0.0449. The predicted molar refractivity (Wildman–Crippen MR) is 245 cm³/mol. The molecule has 400 valence electrons. The van der Waals surface area contributed by atoms with Gasteiger partial charge in [-0.3, -0.25) is 38.5 Å². The molecule has 26 heteroatoms. The Morgan fingerprint density at radius 2 is 1.34 bits per heavy atom. The number of alkyl halides is 8. The molecule has 2 aromatic carbocycles. The van der Waals surface area contributed by atoms with Gasteiger partial charge in [-0.1, -0.05) is 78.4 Å². The SMILES string of the molecule is CCC(C)C(NC(=O)C(CC(C)C)NC(=O)c1cnccn1)C(=O)NC(CC1CCCCC1)C(=O)NC(CC(F)F)C(=O)C(=O)NCC(=O)NS(=O)(=O)c1cccc(-c2cc(C(F)(F)F)cc(C(F)(F)F)c2)c1. The Balaban J connectivity index is 1.49. The Morgan fingerprint density at radius 3 is 1.90 bits per heavy atom. The molecule has 4 rings (SSSR count). The van der Waals surface area contributed by atoms with Crippen LogP contribution in [0.25, 0.3) is 11.1 Å². The van der Waals surface area contributed by atoms with Crippen LogP contribution in [0.5, 0.6) is 0 Å². The molecule has 0 bridgehead atoms. The fourth-order valence-electron chi connectivity index (χ4n) is 7.85. The van der Waals surface area contributed by atoms with Gasteiger partial charge in [0.1, 0.15) is 29.9 Å². The van der Waals surface area contributed by atoms with Crippen molar-refractivity contribution in [3.63, 3.8) is 0 Å². The molecule has 6 N–H and O–H groups in total. The second-order valence-electron chi connectivity index (χ2n) is 18.0. The fourth-order valence-corrected chi connectivity index (χ4v) is 8.88. The fraction of sp³-hybridized carbons (Fsp3) is 0.511. The van der Waals surface area contributed by atoms with E-state index in [1.165, 1.54) is 23.3 Å². The number of nitrogens with zero attached hydrogens (tertiary/aromatic N) is 2. The molecule has 5 atom stereocenters. The van der Waals surface area contributed by atoms with Crippen molar-refractivity contribution in [3.8, 4) is 11.1 Å². The lowest BCUT2D eigenvalue weighted by molar-refractivity contribution is -0.143. The lowest BCUT2D eigenvalue weighted by Gasteiger charge is -2.31. The number of rotatable bonds is 23. The van der Waals surface area contributed by atoms with Crippen molar-refractivity contribution in [3.05, 3.63) is 77.9 Å². The van der Waals surface area contributed by atoms with Crippen molar-refractivity contribution in [2.75, 3.05) is 6.54 Å². The zero-order valence-corrected chi connectivity index (χ0v) is 40.8. The van der Waals surface area contributed by atoms with Crippen LogP contribution in [0.3, 0.4) is 0 Å². The predicted octanol–water partition coefficient (Wildman–Crippen LogP) is 5.64. The first kappa shape index (κ1) is 59.0. The van der Waals surface area contributed by atoms with Crippen LogP contribution in [0.1, 0.15) is 107 Å². The standard InChI is InChI=1S/C47H56F8N8O9S/c1-5-26(4)39(62-42(67)34(16-25(2)3)60-43(68)36-23-56-14-15-57-36)44(69)61-35(17-27-10-7-6-8-11-27)41(66)59-33(22-37(48)49)40(65)45(70)58-24-38(64)63-73(71,72)32-13-9-12-28(20-32)29-18-30(46(50,51)52)21-31(19-29)47(53,54)55/h9,12-15,18-21,23,25-27,33-35,37,39H,5-8,10-11,16-17,22,24H2,1-4H3,(H,58,70)(H,59,66)(H,60,68)(H,61,69)(H,62,67)(H,63,64). The normalized spacial score (nSPS) is 15.5. The maximum atomic E-state index is 14.1. The van der Waals surface area contributed by atoms with Crippen LogP contribution in [0.15, 0.2) is 66.0 Å².